The Labute approximate surface area is 161 Å². The first-order chi connectivity index (χ1) is 11.5. The van der Waals surface area contributed by atoms with Crippen LogP contribution < -0.4 is 15.4 Å². The van der Waals surface area contributed by atoms with E-state index in [1.165, 1.54) is 0 Å². The molecule has 0 aliphatic carbocycles. The Kier molecular flexibility index (Phi) is 6.85. The molecule has 1 aliphatic heterocycles. The fraction of sp³-hybridized carbons (Fsp3) is 0.412. The van der Waals surface area contributed by atoms with E-state index in [9.17, 15) is 4.79 Å². The molecule has 0 spiro atoms. The molecule has 1 atom stereocenters. The minimum atomic E-state index is -0.399. The van der Waals surface area contributed by atoms with Crippen molar-refractivity contribution in [2.24, 2.45) is 0 Å². The molecular weight excluding hydrogens is 439 g/mol. The molecule has 7 heteroatoms. The number of allylic oxidation sites excluding steroid dienone is 1. The lowest BCUT2D eigenvalue weighted by Crippen LogP contribution is -2.46. The fourth-order valence-corrected chi connectivity index (χ4v) is 3.44. The number of methoxy groups -OCH3 is 1. The monoisotopic (exact) mass is 460 g/mol. The first kappa shape index (κ1) is 19.0. The topological polar surface area (TPSA) is 59.6 Å². The van der Waals surface area contributed by atoms with E-state index in [-0.39, 0.29) is 5.97 Å². The molecule has 0 bridgehead atoms. The SMILES string of the molecule is CCCC1=C(C(=O)OCC)[C@@H](c2cc(I)ccc2OC)NC(=S)N1. The van der Waals surface area contributed by atoms with Gasteiger partial charge in [-0.25, -0.2) is 4.79 Å². The highest BCUT2D eigenvalue weighted by atomic mass is 127. The van der Waals surface area contributed by atoms with Gasteiger partial charge in [0, 0.05) is 14.8 Å². The van der Waals surface area contributed by atoms with E-state index in [2.05, 4.69) is 40.1 Å². The van der Waals surface area contributed by atoms with Crippen LogP contribution in [0, 0.1) is 3.57 Å². The van der Waals surface area contributed by atoms with E-state index in [4.69, 9.17) is 21.7 Å². The molecule has 0 radical (unpaired) electrons. The first-order valence-corrected chi connectivity index (χ1v) is 9.31. The summed E-state index contributed by atoms with van der Waals surface area (Å²) in [5.74, 6) is 0.365. The number of rotatable bonds is 6. The number of benzene rings is 1. The molecule has 0 amide bonds. The van der Waals surface area contributed by atoms with Gasteiger partial charge < -0.3 is 20.1 Å². The number of ether oxygens (including phenoxy) is 2. The Morgan fingerprint density at radius 3 is 2.75 bits per heavy atom. The van der Waals surface area contributed by atoms with Gasteiger partial charge in [0.2, 0.25) is 0 Å². The normalized spacial score (nSPS) is 17.2. The largest absolute Gasteiger partial charge is 0.496 e. The maximum Gasteiger partial charge on any atom is 0.338 e. The van der Waals surface area contributed by atoms with E-state index >= 15 is 0 Å². The van der Waals surface area contributed by atoms with Gasteiger partial charge >= 0.3 is 5.97 Å². The summed E-state index contributed by atoms with van der Waals surface area (Å²) >= 11 is 7.58. The lowest BCUT2D eigenvalue weighted by atomic mass is 9.93. The molecule has 1 aliphatic rings. The van der Waals surface area contributed by atoms with Gasteiger partial charge in [0.15, 0.2) is 5.11 Å². The molecule has 0 saturated heterocycles. The summed E-state index contributed by atoms with van der Waals surface area (Å²) in [6, 6.07) is 5.45. The fourth-order valence-electron chi connectivity index (χ4n) is 2.68. The average molecular weight is 460 g/mol. The van der Waals surface area contributed by atoms with Crippen molar-refractivity contribution in [3.63, 3.8) is 0 Å². The van der Waals surface area contributed by atoms with Crippen LogP contribution >= 0.6 is 34.8 Å². The number of hydrogen-bond donors (Lipinski definition) is 2. The third-order valence-electron chi connectivity index (χ3n) is 3.65. The lowest BCUT2D eigenvalue weighted by molar-refractivity contribution is -0.139. The quantitative estimate of drug-likeness (QED) is 0.386. The third-order valence-corrected chi connectivity index (χ3v) is 4.54. The number of carbonyl (C=O) groups is 1. The van der Waals surface area contributed by atoms with Crippen LogP contribution in [0.2, 0.25) is 0 Å². The second-order valence-electron chi connectivity index (χ2n) is 5.28. The van der Waals surface area contributed by atoms with Crippen molar-refractivity contribution in [2.45, 2.75) is 32.7 Å². The Morgan fingerprint density at radius 2 is 2.12 bits per heavy atom. The van der Waals surface area contributed by atoms with E-state index in [1.807, 2.05) is 18.2 Å². The summed E-state index contributed by atoms with van der Waals surface area (Å²) in [6.07, 6.45) is 1.61. The van der Waals surface area contributed by atoms with Gasteiger partial charge in [0.05, 0.1) is 25.3 Å². The second kappa shape index (κ2) is 8.66. The highest BCUT2D eigenvalue weighted by Crippen LogP contribution is 2.35. The summed E-state index contributed by atoms with van der Waals surface area (Å²) < 4.78 is 11.8. The number of esters is 1. The molecule has 0 saturated carbocycles. The van der Waals surface area contributed by atoms with Crippen molar-refractivity contribution in [2.75, 3.05) is 13.7 Å². The number of carbonyl (C=O) groups excluding carboxylic acids is 1. The van der Waals surface area contributed by atoms with Crippen molar-refractivity contribution < 1.29 is 14.3 Å². The predicted octanol–water partition coefficient (Wildman–Crippen LogP) is 3.44. The second-order valence-corrected chi connectivity index (χ2v) is 6.93. The van der Waals surface area contributed by atoms with Crippen LogP contribution in [-0.4, -0.2) is 24.8 Å². The summed E-state index contributed by atoms with van der Waals surface area (Å²) in [5, 5.41) is 6.80. The lowest BCUT2D eigenvalue weighted by Gasteiger charge is -2.31. The summed E-state index contributed by atoms with van der Waals surface area (Å²) in [4.78, 5) is 12.6. The zero-order valence-corrected chi connectivity index (χ0v) is 16.9. The van der Waals surface area contributed by atoms with Gasteiger partial charge in [-0.3, -0.25) is 0 Å². The predicted molar refractivity (Wildman–Crippen MR) is 106 cm³/mol. The van der Waals surface area contributed by atoms with Gasteiger partial charge in [-0.15, -0.1) is 0 Å². The molecule has 130 valence electrons. The Hall–Kier alpha value is -1.35. The number of hydrogen-bond acceptors (Lipinski definition) is 4. The van der Waals surface area contributed by atoms with E-state index in [0.29, 0.717) is 23.0 Å². The molecule has 5 nitrogen and oxygen atoms in total. The van der Waals surface area contributed by atoms with Crippen LogP contribution in [-0.2, 0) is 9.53 Å². The highest BCUT2D eigenvalue weighted by molar-refractivity contribution is 14.1. The molecule has 1 aromatic rings. The van der Waals surface area contributed by atoms with Crippen LogP contribution in [0.5, 0.6) is 5.75 Å². The van der Waals surface area contributed by atoms with E-state index < -0.39 is 6.04 Å². The van der Waals surface area contributed by atoms with Crippen molar-refractivity contribution in [3.05, 3.63) is 38.6 Å². The number of thiocarbonyl (C=S) groups is 1. The number of nitrogens with one attached hydrogen (secondary N) is 2. The van der Waals surface area contributed by atoms with Crippen LogP contribution in [0.3, 0.4) is 0 Å². The van der Waals surface area contributed by atoms with Crippen LogP contribution in [0.15, 0.2) is 29.5 Å². The number of halogens is 1. The molecule has 2 N–H and O–H groups in total. The van der Waals surface area contributed by atoms with Crippen LogP contribution in [0.4, 0.5) is 0 Å². The zero-order chi connectivity index (χ0) is 17.7. The Bertz CT molecular complexity index is 676. The summed E-state index contributed by atoms with van der Waals surface area (Å²) in [6.45, 7) is 4.18. The molecule has 0 aromatic heterocycles. The maximum absolute atomic E-state index is 12.6. The van der Waals surface area contributed by atoms with Crippen molar-refractivity contribution >= 4 is 45.9 Å². The van der Waals surface area contributed by atoms with Crippen molar-refractivity contribution in [3.8, 4) is 5.75 Å². The Balaban J connectivity index is 2.59. The first-order valence-electron chi connectivity index (χ1n) is 7.82. The van der Waals surface area contributed by atoms with Crippen molar-refractivity contribution in [1.82, 2.24) is 10.6 Å². The van der Waals surface area contributed by atoms with Gasteiger partial charge in [-0.1, -0.05) is 13.3 Å². The average Bonchev–Trinajstić information content (AvgIpc) is 2.54. The smallest absolute Gasteiger partial charge is 0.338 e. The van der Waals surface area contributed by atoms with E-state index in [1.54, 1.807) is 14.0 Å². The summed E-state index contributed by atoms with van der Waals surface area (Å²) in [7, 11) is 1.62. The highest BCUT2D eigenvalue weighted by Gasteiger charge is 2.33. The third kappa shape index (κ3) is 4.18. The van der Waals surface area contributed by atoms with Crippen LogP contribution in [0.1, 0.15) is 38.3 Å². The van der Waals surface area contributed by atoms with Gasteiger partial charge in [0.1, 0.15) is 5.75 Å². The Morgan fingerprint density at radius 1 is 1.38 bits per heavy atom. The maximum atomic E-state index is 12.6. The molecule has 1 heterocycles. The molecular formula is C17H21IN2O3S. The van der Waals surface area contributed by atoms with E-state index in [0.717, 1.165) is 27.7 Å². The summed E-state index contributed by atoms with van der Waals surface area (Å²) in [5.41, 5.74) is 2.24. The van der Waals surface area contributed by atoms with Gasteiger partial charge in [-0.05, 0) is 66.4 Å². The van der Waals surface area contributed by atoms with Gasteiger partial charge in [-0.2, -0.15) is 0 Å². The van der Waals surface area contributed by atoms with Crippen molar-refractivity contribution in [1.29, 1.82) is 0 Å². The molecule has 0 unspecified atom stereocenters. The zero-order valence-electron chi connectivity index (χ0n) is 13.9. The van der Waals surface area contributed by atoms with Crippen LogP contribution in [0.25, 0.3) is 0 Å². The minimum absolute atomic E-state index is 0.322. The molecule has 24 heavy (non-hydrogen) atoms. The molecule has 0 fully saturated rings. The molecule has 2 rings (SSSR count). The standard InChI is InChI=1S/C17H21IN2O3S/c1-4-6-12-14(16(21)23-5-2)15(20-17(24)19-12)11-9-10(18)7-8-13(11)22-3/h7-9,15H,4-6H2,1-3H3,(H2,19,20,24)/t15-/m1/s1. The van der Waals surface area contributed by atoms with Gasteiger partial charge in [0.25, 0.3) is 0 Å². The molecule has 1 aromatic carbocycles. The minimum Gasteiger partial charge on any atom is -0.496 e.